The fourth-order valence-electron chi connectivity index (χ4n) is 2.47. The average molecular weight is 474 g/mol. The fourth-order valence-corrected chi connectivity index (χ4v) is 4.77. The number of primary sulfonamides is 1. The van der Waals surface area contributed by atoms with Crippen LogP contribution in [0.4, 0.5) is 5.69 Å². The molecule has 154 valence electrons. The minimum Gasteiger partial charge on any atom is -0.367 e. The minimum atomic E-state index is -4.79. The molecule has 0 saturated carbocycles. The summed E-state index contributed by atoms with van der Waals surface area (Å²) >= 11 is 0. The maximum atomic E-state index is 11.8. The number of nitrogens with one attached hydrogen (secondary N) is 1. The Morgan fingerprint density at radius 2 is 1.34 bits per heavy atom. The summed E-state index contributed by atoms with van der Waals surface area (Å²) in [6.45, 7) is 0. The summed E-state index contributed by atoms with van der Waals surface area (Å²) < 4.78 is 88.6. The van der Waals surface area contributed by atoms with Crippen LogP contribution in [-0.4, -0.2) is 39.7 Å². The van der Waals surface area contributed by atoms with E-state index in [0.717, 1.165) is 12.1 Å². The van der Waals surface area contributed by atoms with Crippen molar-refractivity contribution in [1.29, 1.82) is 0 Å². The van der Waals surface area contributed by atoms with Crippen LogP contribution in [0.25, 0.3) is 0 Å². The van der Waals surface area contributed by atoms with Gasteiger partial charge in [-0.05, 0) is 29.8 Å². The summed E-state index contributed by atoms with van der Waals surface area (Å²) in [5, 5.41) is 3.96. The van der Waals surface area contributed by atoms with Gasteiger partial charge in [-0.3, -0.25) is 9.11 Å². The van der Waals surface area contributed by atoms with E-state index < -0.39 is 47.3 Å². The summed E-state index contributed by atoms with van der Waals surface area (Å²) in [5.41, 5.74) is 0.210. The molecule has 0 radical (unpaired) electrons. The van der Waals surface area contributed by atoms with E-state index in [0.29, 0.717) is 0 Å². The van der Waals surface area contributed by atoms with Crippen molar-refractivity contribution in [1.82, 2.24) is 0 Å². The first-order valence-electron chi connectivity index (χ1n) is 7.65. The SMILES string of the molecule is NS(=O)(=O)c1ccc(NC(CC(c2ccccc2)S(=O)(=O)O)S(=O)(=O)O)cc1.[Na+]. The summed E-state index contributed by atoms with van der Waals surface area (Å²) in [6.07, 6.45) is -0.710. The van der Waals surface area contributed by atoms with E-state index in [9.17, 15) is 34.4 Å². The third kappa shape index (κ3) is 7.62. The molecule has 0 aliphatic rings. The molecule has 0 aliphatic heterocycles. The van der Waals surface area contributed by atoms with Gasteiger partial charge in [0.05, 0.1) is 4.90 Å². The van der Waals surface area contributed by atoms with E-state index >= 15 is 0 Å². The quantitative estimate of drug-likeness (QED) is 0.249. The molecule has 2 aromatic rings. The van der Waals surface area contributed by atoms with E-state index in [4.69, 9.17) is 5.14 Å². The van der Waals surface area contributed by atoms with E-state index in [-0.39, 0.29) is 45.7 Å². The van der Waals surface area contributed by atoms with Gasteiger partial charge in [0, 0.05) is 12.1 Å². The Morgan fingerprint density at radius 3 is 1.76 bits per heavy atom. The second-order valence-electron chi connectivity index (χ2n) is 5.87. The van der Waals surface area contributed by atoms with Gasteiger partial charge in [0.15, 0.2) is 5.37 Å². The van der Waals surface area contributed by atoms with Crippen LogP contribution in [0.2, 0.25) is 0 Å². The van der Waals surface area contributed by atoms with Crippen molar-refractivity contribution < 1.29 is 63.9 Å². The van der Waals surface area contributed by atoms with Crippen molar-refractivity contribution in [3.63, 3.8) is 0 Å². The molecule has 2 rings (SSSR count). The summed E-state index contributed by atoms with van der Waals surface area (Å²) in [6, 6.07) is 12.0. The van der Waals surface area contributed by atoms with Crippen LogP contribution in [0.3, 0.4) is 0 Å². The van der Waals surface area contributed by atoms with Gasteiger partial charge in [-0.25, -0.2) is 13.6 Å². The van der Waals surface area contributed by atoms with Gasteiger partial charge in [0.25, 0.3) is 20.2 Å². The van der Waals surface area contributed by atoms with Crippen LogP contribution in [0, 0.1) is 0 Å². The summed E-state index contributed by atoms with van der Waals surface area (Å²) in [7, 11) is -13.5. The summed E-state index contributed by atoms with van der Waals surface area (Å²) in [4.78, 5) is -0.221. The molecule has 0 amide bonds. The molecule has 2 atom stereocenters. The van der Waals surface area contributed by atoms with Crippen LogP contribution in [0.5, 0.6) is 0 Å². The number of hydrogen-bond donors (Lipinski definition) is 4. The Kier molecular flexibility index (Phi) is 8.83. The van der Waals surface area contributed by atoms with Gasteiger partial charge in [-0.2, -0.15) is 16.8 Å². The Hall–Kier alpha value is -1.03. The number of sulfonamides is 1. The standard InChI is InChI=1S/C15H18N2O8S3.Na/c16-26(18,19)13-8-6-12(7-9-13)17-15(28(23,24)25)10-14(27(20,21)22)11-4-2-1-3-5-11;/h1-9,14-15,17H,10H2,(H2,16,18,19)(H,20,21,22)(H,23,24,25);/q;+1. The Morgan fingerprint density at radius 1 is 0.828 bits per heavy atom. The Labute approximate surface area is 191 Å². The minimum absolute atomic E-state index is 0. The third-order valence-corrected chi connectivity index (χ3v) is 6.97. The Balaban J connectivity index is 0.00000420. The van der Waals surface area contributed by atoms with E-state index in [1.807, 2.05) is 0 Å². The maximum absolute atomic E-state index is 11.8. The van der Waals surface area contributed by atoms with Crippen molar-refractivity contribution in [3.8, 4) is 0 Å². The number of hydrogen-bond acceptors (Lipinski definition) is 7. The van der Waals surface area contributed by atoms with Gasteiger partial charge in [-0.15, -0.1) is 0 Å². The predicted molar refractivity (Wildman–Crippen MR) is 102 cm³/mol. The van der Waals surface area contributed by atoms with E-state index in [1.165, 1.54) is 36.4 Å². The molecule has 14 heteroatoms. The molecular formula is C15H18N2NaO8S3+. The molecule has 0 saturated heterocycles. The monoisotopic (exact) mass is 473 g/mol. The van der Waals surface area contributed by atoms with Crippen LogP contribution in [0.15, 0.2) is 59.5 Å². The topological polar surface area (TPSA) is 181 Å². The molecule has 0 aliphatic carbocycles. The predicted octanol–water partition coefficient (Wildman–Crippen LogP) is -2.02. The van der Waals surface area contributed by atoms with Crippen molar-refractivity contribution in [2.24, 2.45) is 5.14 Å². The second kappa shape index (κ2) is 9.85. The smallest absolute Gasteiger partial charge is 0.367 e. The maximum Gasteiger partial charge on any atom is 1.00 e. The van der Waals surface area contributed by atoms with E-state index in [2.05, 4.69) is 5.32 Å². The third-order valence-electron chi connectivity index (χ3n) is 3.83. The molecule has 0 aromatic heterocycles. The summed E-state index contributed by atoms with van der Waals surface area (Å²) in [5.74, 6) is 0. The molecule has 0 bridgehead atoms. The van der Waals surface area contributed by atoms with Crippen molar-refractivity contribution in [3.05, 3.63) is 60.2 Å². The van der Waals surface area contributed by atoms with E-state index in [1.54, 1.807) is 6.07 Å². The normalized spacial score (nSPS) is 14.4. The van der Waals surface area contributed by atoms with Gasteiger partial charge in [0.2, 0.25) is 10.0 Å². The zero-order chi connectivity index (χ0) is 21.2. The molecule has 2 unspecified atom stereocenters. The molecule has 2 aromatic carbocycles. The fraction of sp³-hybridized carbons (Fsp3) is 0.200. The van der Waals surface area contributed by atoms with Gasteiger partial charge < -0.3 is 5.32 Å². The molecule has 0 heterocycles. The first-order valence-corrected chi connectivity index (χ1v) is 12.2. The largest absolute Gasteiger partial charge is 1.00 e. The molecule has 5 N–H and O–H groups in total. The first-order chi connectivity index (χ1) is 12.8. The zero-order valence-electron chi connectivity index (χ0n) is 15.2. The number of anilines is 1. The van der Waals surface area contributed by atoms with Crippen molar-refractivity contribution in [2.75, 3.05) is 5.32 Å². The van der Waals surface area contributed by atoms with Crippen molar-refractivity contribution >= 4 is 35.9 Å². The molecule has 0 fully saturated rings. The van der Waals surface area contributed by atoms with Crippen LogP contribution in [0.1, 0.15) is 17.2 Å². The Bertz CT molecular complexity index is 1140. The van der Waals surface area contributed by atoms with Crippen LogP contribution >= 0.6 is 0 Å². The number of benzene rings is 2. The first kappa shape index (κ1) is 26.0. The van der Waals surface area contributed by atoms with Gasteiger partial charge >= 0.3 is 29.6 Å². The molecular weight excluding hydrogens is 455 g/mol. The molecule has 29 heavy (non-hydrogen) atoms. The zero-order valence-corrected chi connectivity index (χ0v) is 19.7. The average Bonchev–Trinajstić information content (AvgIpc) is 2.57. The molecule has 0 spiro atoms. The number of nitrogens with two attached hydrogens (primary N) is 1. The van der Waals surface area contributed by atoms with Crippen LogP contribution < -0.4 is 40.0 Å². The van der Waals surface area contributed by atoms with Gasteiger partial charge in [-0.1, -0.05) is 30.3 Å². The molecule has 10 nitrogen and oxygen atoms in total. The van der Waals surface area contributed by atoms with Crippen molar-refractivity contribution in [2.45, 2.75) is 21.9 Å². The van der Waals surface area contributed by atoms with Gasteiger partial charge in [0.1, 0.15) is 5.25 Å². The van der Waals surface area contributed by atoms with Crippen LogP contribution in [-0.2, 0) is 30.3 Å². The second-order valence-corrected chi connectivity index (χ2v) is 10.6. The number of rotatable bonds is 8.